The maximum atomic E-state index is 8.05. The van der Waals surface area contributed by atoms with Crippen molar-refractivity contribution in [3.05, 3.63) is 54.0 Å². The van der Waals surface area contributed by atoms with E-state index in [1.54, 1.807) is 12.4 Å². The Morgan fingerprint density at radius 2 is 2.15 bits per heavy atom. The molecule has 1 aliphatic rings. The average Bonchev–Trinajstić information content (AvgIpc) is 3.25. The van der Waals surface area contributed by atoms with Crippen molar-refractivity contribution < 1.29 is 4.98 Å². The number of nitrogens with two attached hydrogens (primary N) is 1. The van der Waals surface area contributed by atoms with Crippen LogP contribution in [0.5, 0.6) is 0 Å². The van der Waals surface area contributed by atoms with Crippen molar-refractivity contribution in [1.29, 1.82) is 5.41 Å². The van der Waals surface area contributed by atoms with Crippen LogP contribution in [0.1, 0.15) is 18.2 Å². The van der Waals surface area contributed by atoms with Crippen LogP contribution >= 0.6 is 11.6 Å². The Labute approximate surface area is 162 Å². The SMILES string of the molecule is C=CC(=N)N1CCC(n2c(C)c(-c3ccc(Cl)cc3)c3c(N)nc[nH+]c32)C1. The Morgan fingerprint density at radius 1 is 1.41 bits per heavy atom. The zero-order valence-corrected chi connectivity index (χ0v) is 15.9. The molecule has 1 unspecified atom stereocenters. The summed E-state index contributed by atoms with van der Waals surface area (Å²) >= 11 is 6.07. The largest absolute Gasteiger partial charge is 0.369 e. The minimum Gasteiger partial charge on any atom is -0.369 e. The molecule has 1 aromatic carbocycles. The first kappa shape index (κ1) is 17.5. The molecule has 1 saturated heterocycles. The minimum absolute atomic E-state index is 0.243. The molecule has 4 rings (SSSR count). The summed E-state index contributed by atoms with van der Waals surface area (Å²) in [6.45, 7) is 7.44. The predicted octanol–water partition coefficient (Wildman–Crippen LogP) is 3.47. The van der Waals surface area contributed by atoms with Gasteiger partial charge in [0.2, 0.25) is 17.8 Å². The van der Waals surface area contributed by atoms with Gasteiger partial charge in [0.1, 0.15) is 11.2 Å². The second-order valence-electron chi connectivity index (χ2n) is 6.83. The number of H-pyrrole nitrogens is 1. The first-order valence-electron chi connectivity index (χ1n) is 8.89. The molecular weight excluding hydrogens is 360 g/mol. The Morgan fingerprint density at radius 3 is 2.85 bits per heavy atom. The van der Waals surface area contributed by atoms with E-state index in [0.717, 1.165) is 47.4 Å². The summed E-state index contributed by atoms with van der Waals surface area (Å²) in [6, 6.07) is 8.04. The fraction of sp³-hybridized carbons (Fsp3) is 0.250. The van der Waals surface area contributed by atoms with Gasteiger partial charge in [-0.15, -0.1) is 0 Å². The Bertz CT molecular complexity index is 1040. The summed E-state index contributed by atoms with van der Waals surface area (Å²) in [6.07, 6.45) is 4.19. The van der Waals surface area contributed by atoms with E-state index in [1.165, 1.54) is 0 Å². The Balaban J connectivity index is 1.89. The van der Waals surface area contributed by atoms with Gasteiger partial charge in [-0.05, 0) is 30.7 Å². The molecule has 3 aromatic rings. The highest BCUT2D eigenvalue weighted by atomic mass is 35.5. The highest BCUT2D eigenvalue weighted by molar-refractivity contribution is 6.30. The van der Waals surface area contributed by atoms with Crippen LogP contribution in [0.2, 0.25) is 5.02 Å². The first-order chi connectivity index (χ1) is 13.0. The molecule has 0 radical (unpaired) electrons. The zero-order chi connectivity index (χ0) is 19.1. The topological polar surface area (TPSA) is 85.1 Å². The molecule has 2 aromatic heterocycles. The summed E-state index contributed by atoms with van der Waals surface area (Å²) in [5.74, 6) is 0.971. The highest BCUT2D eigenvalue weighted by Gasteiger charge is 2.33. The number of hydrogen-bond acceptors (Lipinski definition) is 3. The second kappa shape index (κ2) is 6.70. The maximum absolute atomic E-state index is 8.05. The Hall–Kier alpha value is -2.86. The fourth-order valence-corrected chi connectivity index (χ4v) is 4.18. The predicted molar refractivity (Wildman–Crippen MR) is 109 cm³/mol. The molecule has 3 heterocycles. The number of nitrogen functional groups attached to an aromatic ring is 1. The second-order valence-corrected chi connectivity index (χ2v) is 7.26. The summed E-state index contributed by atoms with van der Waals surface area (Å²) in [4.78, 5) is 9.62. The number of rotatable bonds is 3. The van der Waals surface area contributed by atoms with E-state index in [4.69, 9.17) is 22.7 Å². The molecule has 0 spiro atoms. The lowest BCUT2D eigenvalue weighted by Gasteiger charge is -2.17. The monoisotopic (exact) mass is 381 g/mol. The van der Waals surface area contributed by atoms with Crippen molar-refractivity contribution in [2.24, 2.45) is 0 Å². The zero-order valence-electron chi connectivity index (χ0n) is 15.2. The number of amidine groups is 1. The molecule has 0 amide bonds. The van der Waals surface area contributed by atoms with E-state index in [2.05, 4.69) is 32.9 Å². The third kappa shape index (κ3) is 2.86. The van der Waals surface area contributed by atoms with Gasteiger partial charge in [0, 0.05) is 23.6 Å². The number of nitrogens with zero attached hydrogens (tertiary/aromatic N) is 3. The van der Waals surface area contributed by atoms with Crippen molar-refractivity contribution in [2.75, 3.05) is 18.8 Å². The van der Waals surface area contributed by atoms with E-state index >= 15 is 0 Å². The molecule has 7 heteroatoms. The molecule has 0 aliphatic carbocycles. The van der Waals surface area contributed by atoms with E-state index in [0.29, 0.717) is 16.7 Å². The average molecular weight is 382 g/mol. The molecule has 4 N–H and O–H groups in total. The summed E-state index contributed by atoms with van der Waals surface area (Å²) in [5.41, 5.74) is 10.5. The van der Waals surface area contributed by atoms with Crippen LogP contribution in [-0.2, 0) is 0 Å². The molecular formula is C20H22ClN6+. The van der Waals surface area contributed by atoms with Gasteiger partial charge in [0.05, 0.1) is 18.3 Å². The maximum Gasteiger partial charge on any atom is 0.239 e. The number of aromatic amines is 1. The Kier molecular flexibility index (Phi) is 4.36. The van der Waals surface area contributed by atoms with Crippen molar-refractivity contribution >= 4 is 34.3 Å². The number of hydrogen-bond donors (Lipinski definition) is 2. The van der Waals surface area contributed by atoms with E-state index < -0.39 is 0 Å². The van der Waals surface area contributed by atoms with Crippen LogP contribution in [0.4, 0.5) is 5.82 Å². The number of likely N-dealkylation sites (tertiary alicyclic amines) is 1. The van der Waals surface area contributed by atoms with Gasteiger partial charge in [-0.1, -0.05) is 35.3 Å². The molecule has 138 valence electrons. The van der Waals surface area contributed by atoms with Crippen LogP contribution in [0, 0.1) is 12.3 Å². The lowest BCUT2D eigenvalue weighted by Crippen LogP contribution is -2.27. The number of nitrogens with one attached hydrogen (secondary N) is 2. The van der Waals surface area contributed by atoms with Crippen molar-refractivity contribution in [2.45, 2.75) is 19.4 Å². The van der Waals surface area contributed by atoms with Crippen LogP contribution in [-0.4, -0.2) is 33.4 Å². The van der Waals surface area contributed by atoms with Gasteiger partial charge >= 0.3 is 0 Å². The first-order valence-corrected chi connectivity index (χ1v) is 9.27. The van der Waals surface area contributed by atoms with Gasteiger partial charge in [-0.2, -0.15) is 0 Å². The van der Waals surface area contributed by atoms with Crippen LogP contribution in [0.3, 0.4) is 0 Å². The van der Waals surface area contributed by atoms with Gasteiger partial charge in [0.15, 0.2) is 0 Å². The summed E-state index contributed by atoms with van der Waals surface area (Å²) in [7, 11) is 0. The summed E-state index contributed by atoms with van der Waals surface area (Å²) < 4.78 is 2.30. The molecule has 0 saturated carbocycles. The van der Waals surface area contributed by atoms with Crippen LogP contribution in [0.25, 0.3) is 22.2 Å². The lowest BCUT2D eigenvalue weighted by molar-refractivity contribution is -0.354. The number of halogens is 1. The minimum atomic E-state index is 0.243. The van der Waals surface area contributed by atoms with Crippen molar-refractivity contribution in [1.82, 2.24) is 14.5 Å². The summed E-state index contributed by atoms with van der Waals surface area (Å²) in [5, 5.41) is 9.67. The molecule has 1 atom stereocenters. The third-order valence-corrected chi connectivity index (χ3v) is 5.56. The standard InChI is InChI=1S/C20H21ClN6/c1-3-16(22)26-9-8-15(10-26)27-12(2)17(13-4-6-14(21)7-5-13)18-19(23)24-11-25-20(18)27/h3-7,11,15,22H,1,8-10H2,2H3,(H2,23,24,25)/p+1. The molecule has 27 heavy (non-hydrogen) atoms. The van der Waals surface area contributed by atoms with Crippen LogP contribution in [0.15, 0.2) is 43.2 Å². The van der Waals surface area contributed by atoms with Gasteiger partial charge in [-0.3, -0.25) is 9.98 Å². The van der Waals surface area contributed by atoms with Gasteiger partial charge < -0.3 is 10.6 Å². The smallest absolute Gasteiger partial charge is 0.239 e. The van der Waals surface area contributed by atoms with Gasteiger partial charge in [0.25, 0.3) is 0 Å². The highest BCUT2D eigenvalue weighted by Crippen LogP contribution is 2.39. The van der Waals surface area contributed by atoms with Crippen LogP contribution < -0.4 is 10.7 Å². The quantitative estimate of drug-likeness (QED) is 0.538. The number of anilines is 1. The number of benzene rings is 1. The molecule has 1 fully saturated rings. The van der Waals surface area contributed by atoms with Gasteiger partial charge in [-0.25, -0.2) is 4.98 Å². The van der Waals surface area contributed by atoms with E-state index in [1.807, 2.05) is 24.3 Å². The van der Waals surface area contributed by atoms with Crippen molar-refractivity contribution in [3.63, 3.8) is 0 Å². The fourth-order valence-electron chi connectivity index (χ4n) is 4.05. The number of aromatic nitrogens is 3. The molecule has 1 aliphatic heterocycles. The third-order valence-electron chi connectivity index (χ3n) is 5.31. The molecule has 6 nitrogen and oxygen atoms in total. The van der Waals surface area contributed by atoms with Crippen molar-refractivity contribution in [3.8, 4) is 11.1 Å². The van der Waals surface area contributed by atoms with E-state index in [9.17, 15) is 0 Å². The van der Waals surface area contributed by atoms with E-state index in [-0.39, 0.29) is 6.04 Å². The molecule has 0 bridgehead atoms. The lowest BCUT2D eigenvalue weighted by atomic mass is 10.0. The number of fused-ring (bicyclic) bond motifs is 1. The normalized spacial score (nSPS) is 16.8.